The van der Waals surface area contributed by atoms with Gasteiger partial charge in [-0.2, -0.15) is 13.2 Å². The lowest BCUT2D eigenvalue weighted by Crippen LogP contribution is -2.07. The second kappa shape index (κ2) is 4.82. The van der Waals surface area contributed by atoms with Crippen LogP contribution in [0.25, 0.3) is 11.1 Å². The van der Waals surface area contributed by atoms with Gasteiger partial charge in [-0.25, -0.2) is 0 Å². The fourth-order valence-electron chi connectivity index (χ4n) is 1.70. The van der Waals surface area contributed by atoms with E-state index < -0.39 is 11.7 Å². The Labute approximate surface area is 112 Å². The Morgan fingerprint density at radius 1 is 0.778 bits per heavy atom. The predicted molar refractivity (Wildman–Crippen MR) is 66.9 cm³/mol. The standard InChI is InChI=1S/C13H7Cl2F3/c14-10-6-2-1-4-8(10)12-9(13(16,17)18)5-3-7-11(12)15/h1-7H. The molecule has 0 spiro atoms. The highest BCUT2D eigenvalue weighted by Crippen LogP contribution is 2.42. The van der Waals surface area contributed by atoms with Gasteiger partial charge in [-0.15, -0.1) is 0 Å². The summed E-state index contributed by atoms with van der Waals surface area (Å²) < 4.78 is 38.8. The van der Waals surface area contributed by atoms with Crippen molar-refractivity contribution >= 4 is 23.2 Å². The molecule has 0 heterocycles. The first-order chi connectivity index (χ1) is 8.41. The molecule has 0 radical (unpaired) electrons. The summed E-state index contributed by atoms with van der Waals surface area (Å²) in [5.41, 5.74) is -0.600. The van der Waals surface area contributed by atoms with E-state index in [2.05, 4.69) is 0 Å². The van der Waals surface area contributed by atoms with Gasteiger partial charge < -0.3 is 0 Å². The van der Waals surface area contributed by atoms with Crippen LogP contribution in [0, 0.1) is 0 Å². The average molecular weight is 291 g/mol. The molecule has 2 rings (SSSR count). The van der Waals surface area contributed by atoms with Crippen LogP contribution in [0.2, 0.25) is 10.0 Å². The zero-order valence-electron chi connectivity index (χ0n) is 8.93. The third-order valence-corrected chi connectivity index (χ3v) is 3.11. The molecule has 0 unspecified atom stereocenters. The van der Waals surface area contributed by atoms with Crippen LogP contribution in [0.1, 0.15) is 5.56 Å². The minimum atomic E-state index is -4.47. The summed E-state index contributed by atoms with van der Waals surface area (Å²) in [4.78, 5) is 0. The first-order valence-electron chi connectivity index (χ1n) is 5.02. The molecule has 0 saturated heterocycles. The minimum Gasteiger partial charge on any atom is -0.166 e. The van der Waals surface area contributed by atoms with E-state index in [1.807, 2.05) is 0 Å². The van der Waals surface area contributed by atoms with Gasteiger partial charge in [0.25, 0.3) is 0 Å². The maximum absolute atomic E-state index is 12.9. The van der Waals surface area contributed by atoms with Crippen LogP contribution in [0.15, 0.2) is 42.5 Å². The zero-order chi connectivity index (χ0) is 13.3. The van der Waals surface area contributed by atoms with Crippen LogP contribution in [-0.2, 0) is 6.18 Å². The quantitative estimate of drug-likeness (QED) is 0.634. The van der Waals surface area contributed by atoms with Gasteiger partial charge in [0.2, 0.25) is 0 Å². The van der Waals surface area contributed by atoms with E-state index in [0.29, 0.717) is 0 Å². The Balaban J connectivity index is 2.75. The van der Waals surface area contributed by atoms with Gasteiger partial charge in [0.05, 0.1) is 5.56 Å². The fourth-order valence-corrected chi connectivity index (χ4v) is 2.20. The topological polar surface area (TPSA) is 0 Å². The molecule has 0 nitrogen and oxygen atoms in total. The molecule has 0 N–H and O–H groups in total. The van der Waals surface area contributed by atoms with Crippen LogP contribution in [0.4, 0.5) is 13.2 Å². The Hall–Kier alpha value is -1.19. The minimum absolute atomic E-state index is 0.0259. The molecule has 0 aromatic heterocycles. The van der Waals surface area contributed by atoms with Gasteiger partial charge in [-0.1, -0.05) is 47.5 Å². The van der Waals surface area contributed by atoms with Crippen molar-refractivity contribution < 1.29 is 13.2 Å². The molecule has 0 bridgehead atoms. The van der Waals surface area contributed by atoms with Crippen LogP contribution in [-0.4, -0.2) is 0 Å². The smallest absolute Gasteiger partial charge is 0.166 e. The molecule has 0 atom stereocenters. The van der Waals surface area contributed by atoms with E-state index in [1.54, 1.807) is 12.1 Å². The van der Waals surface area contributed by atoms with Crippen LogP contribution in [0.5, 0.6) is 0 Å². The Kier molecular flexibility index (Phi) is 3.55. The number of hydrogen-bond donors (Lipinski definition) is 0. The molecule has 0 aliphatic carbocycles. The van der Waals surface area contributed by atoms with Crippen molar-refractivity contribution in [2.75, 3.05) is 0 Å². The maximum atomic E-state index is 12.9. The van der Waals surface area contributed by atoms with Crippen molar-refractivity contribution in [1.29, 1.82) is 0 Å². The largest absolute Gasteiger partial charge is 0.417 e. The van der Waals surface area contributed by atoms with Gasteiger partial charge >= 0.3 is 6.18 Å². The number of alkyl halides is 3. The number of halogens is 5. The molecule has 2 aromatic rings. The van der Waals surface area contributed by atoms with Gasteiger partial charge in [0, 0.05) is 21.2 Å². The molecule has 18 heavy (non-hydrogen) atoms. The molecule has 0 fully saturated rings. The molecular formula is C13H7Cl2F3. The van der Waals surface area contributed by atoms with E-state index in [-0.39, 0.29) is 21.2 Å². The molecule has 2 aromatic carbocycles. The van der Waals surface area contributed by atoms with Crippen molar-refractivity contribution in [3.05, 3.63) is 58.1 Å². The monoisotopic (exact) mass is 290 g/mol. The van der Waals surface area contributed by atoms with Gasteiger partial charge in [0.15, 0.2) is 0 Å². The highest BCUT2D eigenvalue weighted by molar-refractivity contribution is 6.36. The van der Waals surface area contributed by atoms with E-state index in [9.17, 15) is 13.2 Å². The third-order valence-electron chi connectivity index (χ3n) is 2.46. The van der Waals surface area contributed by atoms with Crippen molar-refractivity contribution in [3.8, 4) is 11.1 Å². The summed E-state index contributed by atoms with van der Waals surface area (Å²) in [6, 6.07) is 9.98. The summed E-state index contributed by atoms with van der Waals surface area (Å²) in [5.74, 6) is 0. The molecule has 5 heteroatoms. The number of rotatable bonds is 1. The first kappa shape index (κ1) is 13.2. The van der Waals surface area contributed by atoms with Crippen molar-refractivity contribution in [3.63, 3.8) is 0 Å². The second-order valence-electron chi connectivity index (χ2n) is 3.64. The summed E-state index contributed by atoms with van der Waals surface area (Å²) in [6.07, 6.45) is -4.47. The van der Waals surface area contributed by atoms with Crippen molar-refractivity contribution in [2.45, 2.75) is 6.18 Å². The zero-order valence-corrected chi connectivity index (χ0v) is 10.4. The summed E-state index contributed by atoms with van der Waals surface area (Å²) >= 11 is 11.8. The van der Waals surface area contributed by atoms with E-state index in [0.717, 1.165) is 6.07 Å². The highest BCUT2D eigenvalue weighted by Gasteiger charge is 2.34. The van der Waals surface area contributed by atoms with Crippen LogP contribution < -0.4 is 0 Å². The number of benzene rings is 2. The van der Waals surface area contributed by atoms with E-state index in [4.69, 9.17) is 23.2 Å². The Morgan fingerprint density at radius 2 is 1.39 bits per heavy atom. The second-order valence-corrected chi connectivity index (χ2v) is 4.45. The molecule has 0 amide bonds. The van der Waals surface area contributed by atoms with Crippen LogP contribution >= 0.6 is 23.2 Å². The molecule has 94 valence electrons. The lowest BCUT2D eigenvalue weighted by atomic mass is 9.99. The van der Waals surface area contributed by atoms with Crippen molar-refractivity contribution in [2.24, 2.45) is 0 Å². The van der Waals surface area contributed by atoms with Gasteiger partial charge in [0.1, 0.15) is 0 Å². The highest BCUT2D eigenvalue weighted by atomic mass is 35.5. The predicted octanol–water partition coefficient (Wildman–Crippen LogP) is 5.68. The average Bonchev–Trinajstić information content (AvgIpc) is 2.29. The Morgan fingerprint density at radius 3 is 2.00 bits per heavy atom. The SMILES string of the molecule is FC(F)(F)c1cccc(Cl)c1-c1ccccc1Cl. The van der Waals surface area contributed by atoms with Crippen LogP contribution in [0.3, 0.4) is 0 Å². The lowest BCUT2D eigenvalue weighted by molar-refractivity contribution is -0.137. The summed E-state index contributed by atoms with van der Waals surface area (Å²) in [5, 5.41) is 0.258. The fraction of sp³-hybridized carbons (Fsp3) is 0.0769. The molecular weight excluding hydrogens is 284 g/mol. The molecule has 0 saturated carbocycles. The molecule has 0 aliphatic heterocycles. The lowest BCUT2D eigenvalue weighted by Gasteiger charge is -2.15. The number of hydrogen-bond acceptors (Lipinski definition) is 0. The van der Waals surface area contributed by atoms with Gasteiger partial charge in [-0.05, 0) is 18.2 Å². The molecule has 0 aliphatic rings. The Bertz CT molecular complexity index is 577. The first-order valence-corrected chi connectivity index (χ1v) is 5.77. The van der Waals surface area contributed by atoms with Crippen molar-refractivity contribution in [1.82, 2.24) is 0 Å². The van der Waals surface area contributed by atoms with E-state index in [1.165, 1.54) is 24.3 Å². The third kappa shape index (κ3) is 2.47. The van der Waals surface area contributed by atoms with E-state index >= 15 is 0 Å². The normalized spacial score (nSPS) is 11.6. The summed E-state index contributed by atoms with van der Waals surface area (Å²) in [7, 11) is 0. The summed E-state index contributed by atoms with van der Waals surface area (Å²) in [6.45, 7) is 0. The maximum Gasteiger partial charge on any atom is 0.417 e. The van der Waals surface area contributed by atoms with Gasteiger partial charge in [-0.3, -0.25) is 0 Å².